The number of carbonyl (C=O) groups excluding carboxylic acids is 2. The fourth-order valence-electron chi connectivity index (χ4n) is 3.17. The van der Waals surface area contributed by atoms with E-state index in [9.17, 15) is 9.59 Å². The summed E-state index contributed by atoms with van der Waals surface area (Å²) in [5, 5.41) is 8.67. The van der Waals surface area contributed by atoms with E-state index in [1.165, 1.54) is 6.42 Å². The minimum atomic E-state index is -0.613. The van der Waals surface area contributed by atoms with Crippen LogP contribution in [0.25, 0.3) is 0 Å². The van der Waals surface area contributed by atoms with Crippen molar-refractivity contribution in [1.82, 2.24) is 16.0 Å². The zero-order chi connectivity index (χ0) is 10.5. The minimum Gasteiger partial charge on any atom is -0.323 e. The van der Waals surface area contributed by atoms with Gasteiger partial charge in [-0.05, 0) is 25.7 Å². The van der Waals surface area contributed by atoms with E-state index in [1.807, 2.05) is 0 Å². The highest BCUT2D eigenvalue weighted by Gasteiger charge is 2.51. The molecule has 0 radical (unpaired) electrons. The smallest absolute Gasteiger partial charge is 0.322 e. The van der Waals surface area contributed by atoms with E-state index in [1.54, 1.807) is 0 Å². The summed E-state index contributed by atoms with van der Waals surface area (Å²) in [6, 6.07) is 0.447. The Hall–Kier alpha value is -1.10. The van der Waals surface area contributed by atoms with Gasteiger partial charge in [-0.25, -0.2) is 4.79 Å². The number of amides is 3. The Morgan fingerprint density at radius 1 is 1.13 bits per heavy atom. The maximum absolute atomic E-state index is 11.8. The van der Waals surface area contributed by atoms with Gasteiger partial charge < -0.3 is 10.6 Å². The fraction of sp³-hybridized carbons (Fsp3) is 0.800. The Balaban J connectivity index is 1.87. The number of urea groups is 1. The van der Waals surface area contributed by atoms with E-state index in [2.05, 4.69) is 16.0 Å². The Morgan fingerprint density at radius 3 is 2.33 bits per heavy atom. The molecule has 0 aliphatic carbocycles. The average molecular weight is 209 g/mol. The molecule has 5 heteroatoms. The maximum Gasteiger partial charge on any atom is 0.322 e. The third-order valence-electron chi connectivity index (χ3n) is 3.78. The molecule has 5 nitrogen and oxygen atoms in total. The van der Waals surface area contributed by atoms with Gasteiger partial charge in [0.15, 0.2) is 0 Å². The normalized spacial score (nSPS) is 44.0. The van der Waals surface area contributed by atoms with Crippen LogP contribution in [0.3, 0.4) is 0 Å². The SMILES string of the molecule is O=C1NC(=O)C2(C[C@H]3CCC[C@H](C2)N3)N1. The van der Waals surface area contributed by atoms with Gasteiger partial charge in [0.05, 0.1) is 0 Å². The van der Waals surface area contributed by atoms with Gasteiger partial charge in [-0.2, -0.15) is 0 Å². The van der Waals surface area contributed by atoms with Crippen molar-refractivity contribution >= 4 is 11.9 Å². The summed E-state index contributed by atoms with van der Waals surface area (Å²) >= 11 is 0. The van der Waals surface area contributed by atoms with E-state index in [4.69, 9.17) is 0 Å². The molecule has 2 bridgehead atoms. The molecule has 3 rings (SSSR count). The molecule has 3 saturated heterocycles. The molecule has 3 aliphatic rings. The van der Waals surface area contributed by atoms with Gasteiger partial charge in [-0.1, -0.05) is 6.42 Å². The first-order valence-electron chi connectivity index (χ1n) is 5.58. The third-order valence-corrected chi connectivity index (χ3v) is 3.78. The first-order valence-corrected chi connectivity index (χ1v) is 5.58. The zero-order valence-electron chi connectivity index (χ0n) is 8.51. The van der Waals surface area contributed by atoms with E-state index < -0.39 is 5.54 Å². The van der Waals surface area contributed by atoms with Crippen molar-refractivity contribution in [3.63, 3.8) is 0 Å². The highest BCUT2D eigenvalue weighted by Crippen LogP contribution is 2.34. The summed E-state index contributed by atoms with van der Waals surface area (Å²) in [5.74, 6) is -0.133. The number of rotatable bonds is 0. The van der Waals surface area contributed by atoms with Crippen LogP contribution in [-0.4, -0.2) is 29.6 Å². The molecule has 3 fully saturated rings. The lowest BCUT2D eigenvalue weighted by atomic mass is 9.75. The average Bonchev–Trinajstić information content (AvgIpc) is 2.40. The molecule has 0 saturated carbocycles. The van der Waals surface area contributed by atoms with Crippen molar-refractivity contribution in [2.75, 3.05) is 0 Å². The molecule has 1 spiro atoms. The Labute approximate surface area is 88.0 Å². The van der Waals surface area contributed by atoms with Crippen LogP contribution < -0.4 is 16.0 Å². The van der Waals surface area contributed by atoms with Crippen LogP contribution in [0.1, 0.15) is 32.1 Å². The highest BCUT2D eigenvalue weighted by atomic mass is 16.2. The van der Waals surface area contributed by atoms with Crippen molar-refractivity contribution in [3.05, 3.63) is 0 Å². The first-order chi connectivity index (χ1) is 7.18. The summed E-state index contributed by atoms with van der Waals surface area (Å²) < 4.78 is 0. The van der Waals surface area contributed by atoms with Crippen molar-refractivity contribution in [3.8, 4) is 0 Å². The second-order valence-electron chi connectivity index (χ2n) is 4.89. The topological polar surface area (TPSA) is 70.2 Å². The lowest BCUT2D eigenvalue weighted by Gasteiger charge is -2.44. The van der Waals surface area contributed by atoms with Gasteiger partial charge in [0.25, 0.3) is 5.91 Å². The van der Waals surface area contributed by atoms with Crippen molar-refractivity contribution < 1.29 is 9.59 Å². The van der Waals surface area contributed by atoms with Gasteiger partial charge in [-0.3, -0.25) is 10.1 Å². The predicted octanol–water partition coefficient (Wildman–Crippen LogP) is -0.131. The van der Waals surface area contributed by atoms with Crippen molar-refractivity contribution in [1.29, 1.82) is 0 Å². The molecule has 3 amide bonds. The molecular formula is C10H15N3O2. The predicted molar refractivity (Wildman–Crippen MR) is 53.2 cm³/mol. The monoisotopic (exact) mass is 209 g/mol. The van der Waals surface area contributed by atoms with Crippen molar-refractivity contribution in [2.45, 2.75) is 49.7 Å². The molecule has 0 aromatic carbocycles. The number of nitrogens with one attached hydrogen (secondary N) is 3. The quantitative estimate of drug-likeness (QED) is 0.487. The number of hydrogen-bond acceptors (Lipinski definition) is 3. The molecule has 0 aromatic heterocycles. The molecule has 3 heterocycles. The van der Waals surface area contributed by atoms with E-state index >= 15 is 0 Å². The second kappa shape index (κ2) is 2.95. The van der Waals surface area contributed by atoms with E-state index in [-0.39, 0.29) is 11.9 Å². The summed E-state index contributed by atoms with van der Waals surface area (Å²) in [7, 11) is 0. The summed E-state index contributed by atoms with van der Waals surface area (Å²) in [6.07, 6.45) is 4.93. The molecule has 82 valence electrons. The molecule has 15 heavy (non-hydrogen) atoms. The molecule has 3 N–H and O–H groups in total. The van der Waals surface area contributed by atoms with Crippen molar-refractivity contribution in [2.24, 2.45) is 0 Å². The van der Waals surface area contributed by atoms with Crippen LogP contribution in [0.5, 0.6) is 0 Å². The minimum absolute atomic E-state index is 0.133. The summed E-state index contributed by atoms with van der Waals surface area (Å²) in [6.45, 7) is 0. The number of imide groups is 1. The molecule has 0 aromatic rings. The zero-order valence-corrected chi connectivity index (χ0v) is 8.51. The summed E-state index contributed by atoms with van der Waals surface area (Å²) in [4.78, 5) is 23.0. The Bertz CT molecular complexity index is 317. The van der Waals surface area contributed by atoms with Crippen LogP contribution in [0, 0.1) is 0 Å². The lowest BCUT2D eigenvalue weighted by molar-refractivity contribution is -0.126. The van der Waals surface area contributed by atoms with Gasteiger partial charge in [0.2, 0.25) is 0 Å². The van der Waals surface area contributed by atoms with Crippen LogP contribution in [-0.2, 0) is 4.79 Å². The number of piperidine rings is 2. The van der Waals surface area contributed by atoms with Gasteiger partial charge >= 0.3 is 6.03 Å². The third kappa shape index (κ3) is 1.33. The molecule has 3 aliphatic heterocycles. The van der Waals surface area contributed by atoms with E-state index in [0.29, 0.717) is 12.1 Å². The standard InChI is InChI=1S/C10H15N3O2/c14-8-10(13-9(15)12-8)4-6-2-1-3-7(5-10)11-6/h6-7,11H,1-5H2,(H2,12,13,14,15)/t6-,7-/m1/s1. The maximum atomic E-state index is 11.8. The van der Waals surface area contributed by atoms with Crippen LogP contribution >= 0.6 is 0 Å². The number of carbonyl (C=O) groups is 2. The second-order valence-corrected chi connectivity index (χ2v) is 4.89. The van der Waals surface area contributed by atoms with E-state index in [0.717, 1.165) is 25.7 Å². The lowest BCUT2D eigenvalue weighted by Crippen LogP contribution is -2.62. The Morgan fingerprint density at radius 2 is 1.80 bits per heavy atom. The molecular weight excluding hydrogens is 194 g/mol. The first kappa shape index (κ1) is 9.15. The van der Waals surface area contributed by atoms with Crippen LogP contribution in [0.15, 0.2) is 0 Å². The van der Waals surface area contributed by atoms with Gasteiger partial charge in [-0.15, -0.1) is 0 Å². The Kier molecular flexibility index (Phi) is 1.80. The molecule has 0 unspecified atom stereocenters. The fourth-order valence-corrected chi connectivity index (χ4v) is 3.17. The van der Waals surface area contributed by atoms with Crippen LogP contribution in [0.4, 0.5) is 4.79 Å². The highest BCUT2D eigenvalue weighted by molar-refractivity contribution is 6.07. The summed E-state index contributed by atoms with van der Waals surface area (Å²) in [5.41, 5.74) is -0.613. The largest absolute Gasteiger partial charge is 0.323 e. The van der Waals surface area contributed by atoms with Gasteiger partial charge in [0.1, 0.15) is 5.54 Å². The number of hydrogen-bond donors (Lipinski definition) is 3. The van der Waals surface area contributed by atoms with Crippen LogP contribution in [0.2, 0.25) is 0 Å². The number of fused-ring (bicyclic) bond motifs is 2. The van der Waals surface area contributed by atoms with Gasteiger partial charge in [0, 0.05) is 12.1 Å². The molecule has 2 atom stereocenters.